The zero-order chi connectivity index (χ0) is 14.8. The maximum atomic E-state index is 12.2. The van der Waals surface area contributed by atoms with Crippen molar-refractivity contribution in [1.29, 1.82) is 0 Å². The van der Waals surface area contributed by atoms with Crippen LogP contribution in [0.4, 0.5) is 0 Å². The van der Waals surface area contributed by atoms with Crippen LogP contribution >= 0.6 is 0 Å². The van der Waals surface area contributed by atoms with Crippen LogP contribution in [0.15, 0.2) is 6.20 Å². The monoisotopic (exact) mass is 279 g/mol. The summed E-state index contributed by atoms with van der Waals surface area (Å²) in [6, 6.07) is 0.467. The molecule has 0 aromatic carbocycles. The second-order valence-electron chi connectivity index (χ2n) is 6.55. The average Bonchev–Trinajstić information content (AvgIpc) is 2.81. The van der Waals surface area contributed by atoms with Gasteiger partial charge in [-0.25, -0.2) is 0 Å². The van der Waals surface area contributed by atoms with E-state index in [4.69, 9.17) is 0 Å². The molecule has 6 nitrogen and oxygen atoms in total. The lowest BCUT2D eigenvalue weighted by Gasteiger charge is -2.36. The molecule has 0 saturated carbocycles. The fraction of sp³-hybridized carbons (Fsp3) is 0.786. The van der Waals surface area contributed by atoms with Crippen LogP contribution in [0.25, 0.3) is 0 Å². The molecule has 6 heteroatoms. The van der Waals surface area contributed by atoms with Gasteiger partial charge < -0.3 is 10.2 Å². The normalized spacial score (nSPS) is 17.5. The van der Waals surface area contributed by atoms with Gasteiger partial charge in [-0.2, -0.15) is 0 Å². The number of nitrogens with one attached hydrogen (secondary N) is 1. The fourth-order valence-electron chi connectivity index (χ4n) is 2.48. The lowest BCUT2D eigenvalue weighted by molar-refractivity contribution is -0.140. The zero-order valence-corrected chi connectivity index (χ0v) is 12.9. The van der Waals surface area contributed by atoms with E-state index in [-0.39, 0.29) is 11.3 Å². The number of aromatic nitrogens is 3. The molecule has 1 saturated heterocycles. The van der Waals surface area contributed by atoms with Gasteiger partial charge >= 0.3 is 0 Å². The first-order valence-corrected chi connectivity index (χ1v) is 7.24. The number of carbonyl (C=O) groups is 1. The standard InChI is InChI=1S/C14H25N5O/c1-14(2,3)13(20)19-7-5-11(6-8-19)15-9-12-10-16-17-18(12)4/h10-11,15H,5-9H2,1-4H3. The highest BCUT2D eigenvalue weighted by Gasteiger charge is 2.30. The van der Waals surface area contributed by atoms with Crippen molar-refractivity contribution < 1.29 is 4.79 Å². The van der Waals surface area contributed by atoms with Crippen molar-refractivity contribution in [3.8, 4) is 0 Å². The SMILES string of the molecule is Cn1nncc1CNC1CCN(C(=O)C(C)(C)C)CC1. The van der Waals surface area contributed by atoms with E-state index < -0.39 is 0 Å². The molecule has 1 amide bonds. The molecule has 20 heavy (non-hydrogen) atoms. The van der Waals surface area contributed by atoms with Crippen molar-refractivity contribution >= 4 is 5.91 Å². The Balaban J connectivity index is 1.77. The molecule has 112 valence electrons. The van der Waals surface area contributed by atoms with E-state index in [1.54, 1.807) is 10.9 Å². The molecule has 0 aliphatic carbocycles. The quantitative estimate of drug-likeness (QED) is 0.894. The summed E-state index contributed by atoms with van der Waals surface area (Å²) in [5.41, 5.74) is 0.805. The zero-order valence-electron chi connectivity index (χ0n) is 12.9. The third-order valence-corrected chi connectivity index (χ3v) is 3.80. The first-order valence-electron chi connectivity index (χ1n) is 7.24. The van der Waals surface area contributed by atoms with Gasteiger partial charge in [0.15, 0.2) is 0 Å². The van der Waals surface area contributed by atoms with Gasteiger partial charge in [-0.3, -0.25) is 9.48 Å². The molecule has 2 rings (SSSR count). The first-order chi connectivity index (χ1) is 9.38. The molecule has 0 radical (unpaired) electrons. The Morgan fingerprint density at radius 2 is 2.05 bits per heavy atom. The third-order valence-electron chi connectivity index (χ3n) is 3.80. The summed E-state index contributed by atoms with van der Waals surface area (Å²) in [6.45, 7) is 8.41. The predicted octanol–water partition coefficient (Wildman–Crippen LogP) is 0.942. The van der Waals surface area contributed by atoms with Crippen LogP contribution < -0.4 is 5.32 Å². The molecule has 1 fully saturated rings. The first kappa shape index (κ1) is 15.0. The van der Waals surface area contributed by atoms with Crippen LogP contribution in [0.1, 0.15) is 39.3 Å². The summed E-state index contributed by atoms with van der Waals surface area (Å²) >= 11 is 0. The van der Waals surface area contributed by atoms with Gasteiger partial charge in [-0.15, -0.1) is 5.10 Å². The molecule has 0 unspecified atom stereocenters. The highest BCUT2D eigenvalue weighted by atomic mass is 16.2. The molecule has 0 atom stereocenters. The molecule has 1 aromatic rings. The topological polar surface area (TPSA) is 63.1 Å². The summed E-state index contributed by atoms with van der Waals surface area (Å²) < 4.78 is 1.78. The molecule has 2 heterocycles. The lowest BCUT2D eigenvalue weighted by atomic mass is 9.93. The number of hydrogen-bond acceptors (Lipinski definition) is 4. The largest absolute Gasteiger partial charge is 0.342 e. The maximum absolute atomic E-state index is 12.2. The van der Waals surface area contributed by atoms with E-state index in [1.165, 1.54) is 0 Å². The number of rotatable bonds is 3. The second kappa shape index (κ2) is 5.91. The molecule has 1 aromatic heterocycles. The third kappa shape index (κ3) is 3.56. The van der Waals surface area contributed by atoms with Gasteiger partial charge in [0.1, 0.15) is 0 Å². The van der Waals surface area contributed by atoms with Crippen LogP contribution in [-0.2, 0) is 18.4 Å². The van der Waals surface area contributed by atoms with Crippen molar-refractivity contribution in [3.63, 3.8) is 0 Å². The number of aryl methyl sites for hydroxylation is 1. The van der Waals surface area contributed by atoms with Crippen LogP contribution in [0.5, 0.6) is 0 Å². The Labute approximate surface area is 120 Å². The molecule has 0 bridgehead atoms. The summed E-state index contributed by atoms with van der Waals surface area (Å²) in [5, 5.41) is 11.3. The van der Waals surface area contributed by atoms with Crippen molar-refractivity contribution in [2.75, 3.05) is 13.1 Å². The number of nitrogens with zero attached hydrogens (tertiary/aromatic N) is 4. The van der Waals surface area contributed by atoms with Crippen molar-refractivity contribution in [2.45, 2.75) is 46.2 Å². The predicted molar refractivity (Wildman–Crippen MR) is 76.9 cm³/mol. The van der Waals surface area contributed by atoms with Crippen molar-refractivity contribution in [1.82, 2.24) is 25.2 Å². The van der Waals surface area contributed by atoms with E-state index in [1.807, 2.05) is 32.7 Å². The maximum Gasteiger partial charge on any atom is 0.227 e. The van der Waals surface area contributed by atoms with E-state index in [0.29, 0.717) is 6.04 Å². The summed E-state index contributed by atoms with van der Waals surface area (Å²) in [6.07, 6.45) is 3.80. The number of likely N-dealkylation sites (tertiary alicyclic amines) is 1. The van der Waals surface area contributed by atoms with Crippen molar-refractivity contribution in [2.24, 2.45) is 12.5 Å². The van der Waals surface area contributed by atoms with E-state index >= 15 is 0 Å². The molecular formula is C14H25N5O. The van der Waals surface area contributed by atoms with Crippen LogP contribution in [0.2, 0.25) is 0 Å². The minimum absolute atomic E-state index is 0.256. The molecular weight excluding hydrogens is 254 g/mol. The molecule has 1 aliphatic rings. The minimum atomic E-state index is -0.277. The van der Waals surface area contributed by atoms with Gasteiger partial charge in [0.2, 0.25) is 5.91 Å². The molecule has 1 aliphatic heterocycles. The fourth-order valence-corrected chi connectivity index (χ4v) is 2.48. The summed E-state index contributed by atoms with van der Waals surface area (Å²) in [4.78, 5) is 14.2. The number of piperidine rings is 1. The van der Waals surface area contributed by atoms with Gasteiger partial charge in [-0.1, -0.05) is 26.0 Å². The Morgan fingerprint density at radius 1 is 1.40 bits per heavy atom. The Morgan fingerprint density at radius 3 is 2.55 bits per heavy atom. The second-order valence-corrected chi connectivity index (χ2v) is 6.55. The van der Waals surface area contributed by atoms with Crippen LogP contribution in [-0.4, -0.2) is 44.9 Å². The molecule has 0 spiro atoms. The number of amides is 1. The Kier molecular flexibility index (Phi) is 4.42. The van der Waals surface area contributed by atoms with E-state index in [0.717, 1.165) is 38.2 Å². The lowest BCUT2D eigenvalue weighted by Crippen LogP contribution is -2.48. The summed E-state index contributed by atoms with van der Waals surface area (Å²) in [7, 11) is 1.90. The summed E-state index contributed by atoms with van der Waals surface area (Å²) in [5.74, 6) is 0.256. The smallest absolute Gasteiger partial charge is 0.227 e. The number of carbonyl (C=O) groups excluding carboxylic acids is 1. The van der Waals surface area contributed by atoms with Crippen LogP contribution in [0.3, 0.4) is 0 Å². The Hall–Kier alpha value is -1.43. The number of hydrogen-bond donors (Lipinski definition) is 1. The highest BCUT2D eigenvalue weighted by molar-refractivity contribution is 5.81. The highest BCUT2D eigenvalue weighted by Crippen LogP contribution is 2.21. The average molecular weight is 279 g/mol. The van der Waals surface area contributed by atoms with Crippen molar-refractivity contribution in [3.05, 3.63) is 11.9 Å². The van der Waals surface area contributed by atoms with Gasteiger partial charge in [-0.05, 0) is 12.8 Å². The van der Waals surface area contributed by atoms with Gasteiger partial charge in [0.05, 0.1) is 11.9 Å². The van der Waals surface area contributed by atoms with Crippen LogP contribution in [0, 0.1) is 5.41 Å². The van der Waals surface area contributed by atoms with E-state index in [9.17, 15) is 4.79 Å². The Bertz CT molecular complexity index is 454. The molecule has 1 N–H and O–H groups in total. The van der Waals surface area contributed by atoms with Gasteiger partial charge in [0.25, 0.3) is 0 Å². The minimum Gasteiger partial charge on any atom is -0.342 e. The van der Waals surface area contributed by atoms with E-state index in [2.05, 4.69) is 15.6 Å². The van der Waals surface area contributed by atoms with Gasteiger partial charge in [0, 0.05) is 38.1 Å².